The standard InChI is InChI=1S/C20H20N2O2/c1-13-7-8-15-10-18(14(2)22-19(15)9-13)20(24)21-11-16-5-3-4-6-17(16)12-23/h3-10,23H,11-12H2,1-2H3,(H,21,24). The Morgan fingerprint density at radius 3 is 2.58 bits per heavy atom. The molecule has 122 valence electrons. The lowest BCUT2D eigenvalue weighted by atomic mass is 10.1. The molecule has 0 aliphatic carbocycles. The lowest BCUT2D eigenvalue weighted by Crippen LogP contribution is -2.24. The highest BCUT2D eigenvalue weighted by Crippen LogP contribution is 2.18. The van der Waals surface area contributed by atoms with Crippen LogP contribution in [0.1, 0.15) is 32.7 Å². The molecule has 0 bridgehead atoms. The predicted molar refractivity (Wildman–Crippen MR) is 94.8 cm³/mol. The second-order valence-electron chi connectivity index (χ2n) is 5.93. The quantitative estimate of drug-likeness (QED) is 0.775. The maximum atomic E-state index is 12.5. The van der Waals surface area contributed by atoms with Crippen LogP contribution in [0.25, 0.3) is 10.9 Å². The number of aliphatic hydroxyl groups is 1. The van der Waals surface area contributed by atoms with Crippen molar-refractivity contribution in [1.82, 2.24) is 10.3 Å². The highest BCUT2D eigenvalue weighted by Gasteiger charge is 2.12. The summed E-state index contributed by atoms with van der Waals surface area (Å²) in [4.78, 5) is 17.1. The monoisotopic (exact) mass is 320 g/mol. The van der Waals surface area contributed by atoms with Gasteiger partial charge >= 0.3 is 0 Å². The van der Waals surface area contributed by atoms with E-state index >= 15 is 0 Å². The van der Waals surface area contributed by atoms with Crippen molar-refractivity contribution < 1.29 is 9.90 Å². The summed E-state index contributed by atoms with van der Waals surface area (Å²) < 4.78 is 0. The van der Waals surface area contributed by atoms with Gasteiger partial charge in [0.15, 0.2) is 0 Å². The first kappa shape index (κ1) is 16.1. The van der Waals surface area contributed by atoms with Crippen LogP contribution in [0.15, 0.2) is 48.5 Å². The number of aliphatic hydroxyl groups excluding tert-OH is 1. The Labute approximate surface area is 141 Å². The SMILES string of the molecule is Cc1ccc2cc(C(=O)NCc3ccccc3CO)c(C)nc2c1. The van der Waals surface area contributed by atoms with Gasteiger partial charge in [-0.1, -0.05) is 36.4 Å². The van der Waals surface area contributed by atoms with E-state index in [2.05, 4.69) is 10.3 Å². The predicted octanol–water partition coefficient (Wildman–Crippen LogP) is 3.27. The Hall–Kier alpha value is -2.72. The van der Waals surface area contributed by atoms with Crippen molar-refractivity contribution in [3.05, 3.63) is 76.5 Å². The van der Waals surface area contributed by atoms with E-state index in [-0.39, 0.29) is 12.5 Å². The van der Waals surface area contributed by atoms with Gasteiger partial charge in [-0.15, -0.1) is 0 Å². The Balaban J connectivity index is 1.83. The van der Waals surface area contributed by atoms with Crippen LogP contribution in [-0.2, 0) is 13.2 Å². The van der Waals surface area contributed by atoms with Gasteiger partial charge in [-0.2, -0.15) is 0 Å². The van der Waals surface area contributed by atoms with Crippen molar-refractivity contribution >= 4 is 16.8 Å². The lowest BCUT2D eigenvalue weighted by molar-refractivity contribution is 0.0949. The van der Waals surface area contributed by atoms with E-state index in [0.717, 1.165) is 27.6 Å². The van der Waals surface area contributed by atoms with Crippen molar-refractivity contribution in [3.8, 4) is 0 Å². The maximum absolute atomic E-state index is 12.5. The average Bonchev–Trinajstić information content (AvgIpc) is 2.59. The third kappa shape index (κ3) is 3.29. The number of rotatable bonds is 4. The van der Waals surface area contributed by atoms with E-state index in [1.54, 1.807) is 0 Å². The summed E-state index contributed by atoms with van der Waals surface area (Å²) in [5.74, 6) is -0.157. The van der Waals surface area contributed by atoms with E-state index in [9.17, 15) is 9.90 Å². The molecule has 24 heavy (non-hydrogen) atoms. The topological polar surface area (TPSA) is 62.2 Å². The van der Waals surface area contributed by atoms with Crippen molar-refractivity contribution in [2.45, 2.75) is 27.0 Å². The van der Waals surface area contributed by atoms with Crippen LogP contribution in [0.3, 0.4) is 0 Å². The Morgan fingerprint density at radius 2 is 1.83 bits per heavy atom. The maximum Gasteiger partial charge on any atom is 0.253 e. The zero-order valence-electron chi connectivity index (χ0n) is 13.8. The van der Waals surface area contributed by atoms with Crippen molar-refractivity contribution in [2.24, 2.45) is 0 Å². The van der Waals surface area contributed by atoms with Crippen LogP contribution in [-0.4, -0.2) is 16.0 Å². The van der Waals surface area contributed by atoms with Crippen LogP contribution in [0.5, 0.6) is 0 Å². The van der Waals surface area contributed by atoms with Crippen LogP contribution in [0.4, 0.5) is 0 Å². The molecule has 0 radical (unpaired) electrons. The Bertz CT molecular complexity index is 903. The van der Waals surface area contributed by atoms with E-state index < -0.39 is 0 Å². The number of hydrogen-bond acceptors (Lipinski definition) is 3. The van der Waals surface area contributed by atoms with Crippen molar-refractivity contribution in [3.63, 3.8) is 0 Å². The van der Waals surface area contributed by atoms with Gasteiger partial charge in [-0.3, -0.25) is 9.78 Å². The number of aryl methyl sites for hydroxylation is 2. The van der Waals surface area contributed by atoms with Crippen molar-refractivity contribution in [2.75, 3.05) is 0 Å². The molecule has 1 amide bonds. The summed E-state index contributed by atoms with van der Waals surface area (Å²) in [5, 5.41) is 13.2. The minimum absolute atomic E-state index is 0.0397. The zero-order chi connectivity index (χ0) is 17.1. The molecule has 0 aliphatic rings. The second-order valence-corrected chi connectivity index (χ2v) is 5.93. The number of carbonyl (C=O) groups is 1. The molecule has 0 unspecified atom stereocenters. The smallest absolute Gasteiger partial charge is 0.253 e. The van der Waals surface area contributed by atoms with Crippen molar-refractivity contribution in [1.29, 1.82) is 0 Å². The first-order valence-electron chi connectivity index (χ1n) is 7.92. The zero-order valence-corrected chi connectivity index (χ0v) is 13.8. The molecule has 0 saturated heterocycles. The second kappa shape index (κ2) is 6.81. The van der Waals surface area contributed by atoms with E-state index in [1.807, 2.05) is 62.4 Å². The largest absolute Gasteiger partial charge is 0.392 e. The number of nitrogens with one attached hydrogen (secondary N) is 1. The van der Waals surface area contributed by atoms with Crippen LogP contribution in [0.2, 0.25) is 0 Å². The molecular weight excluding hydrogens is 300 g/mol. The lowest BCUT2D eigenvalue weighted by Gasteiger charge is -2.11. The molecule has 0 atom stereocenters. The summed E-state index contributed by atoms with van der Waals surface area (Å²) in [5.41, 5.74) is 5.06. The normalized spacial score (nSPS) is 10.8. The van der Waals surface area contributed by atoms with Gasteiger partial charge in [-0.25, -0.2) is 0 Å². The van der Waals surface area contributed by atoms with Gasteiger partial charge in [0.1, 0.15) is 0 Å². The fourth-order valence-electron chi connectivity index (χ4n) is 2.76. The molecule has 2 aromatic carbocycles. The molecule has 4 nitrogen and oxygen atoms in total. The van der Waals surface area contributed by atoms with Crippen LogP contribution >= 0.6 is 0 Å². The molecule has 0 saturated carbocycles. The highest BCUT2D eigenvalue weighted by atomic mass is 16.3. The first-order chi connectivity index (χ1) is 11.6. The number of carbonyl (C=O) groups excluding carboxylic acids is 1. The molecule has 3 rings (SSSR count). The number of fused-ring (bicyclic) bond motifs is 1. The average molecular weight is 320 g/mol. The summed E-state index contributed by atoms with van der Waals surface area (Å²) in [6, 6.07) is 15.4. The van der Waals surface area contributed by atoms with Gasteiger partial charge in [0.2, 0.25) is 0 Å². The summed E-state index contributed by atoms with van der Waals surface area (Å²) in [7, 11) is 0. The minimum atomic E-state index is -0.157. The van der Waals surface area contributed by atoms with Crippen LogP contribution < -0.4 is 5.32 Å². The van der Waals surface area contributed by atoms with Crippen LogP contribution in [0, 0.1) is 13.8 Å². The third-order valence-electron chi connectivity index (χ3n) is 4.14. The Morgan fingerprint density at radius 1 is 1.08 bits per heavy atom. The minimum Gasteiger partial charge on any atom is -0.392 e. The molecule has 0 fully saturated rings. The number of aromatic nitrogens is 1. The number of benzene rings is 2. The van der Waals surface area contributed by atoms with E-state index in [4.69, 9.17) is 0 Å². The van der Waals surface area contributed by atoms with Gasteiger partial charge in [0.25, 0.3) is 5.91 Å². The number of amides is 1. The van der Waals surface area contributed by atoms with Gasteiger partial charge in [0.05, 0.1) is 23.4 Å². The summed E-state index contributed by atoms with van der Waals surface area (Å²) in [6.07, 6.45) is 0. The number of hydrogen-bond donors (Lipinski definition) is 2. The number of pyridine rings is 1. The summed E-state index contributed by atoms with van der Waals surface area (Å²) >= 11 is 0. The molecular formula is C20H20N2O2. The molecule has 1 aromatic heterocycles. The molecule has 0 spiro atoms. The molecule has 3 aromatic rings. The van der Waals surface area contributed by atoms with E-state index in [0.29, 0.717) is 17.8 Å². The Kier molecular flexibility index (Phi) is 4.58. The fourth-order valence-corrected chi connectivity index (χ4v) is 2.76. The summed E-state index contributed by atoms with van der Waals surface area (Å²) in [6.45, 7) is 4.21. The first-order valence-corrected chi connectivity index (χ1v) is 7.92. The molecule has 1 heterocycles. The fraction of sp³-hybridized carbons (Fsp3) is 0.200. The molecule has 2 N–H and O–H groups in total. The van der Waals surface area contributed by atoms with E-state index in [1.165, 1.54) is 0 Å². The number of nitrogens with zero attached hydrogens (tertiary/aromatic N) is 1. The van der Waals surface area contributed by atoms with Gasteiger partial charge in [0, 0.05) is 11.9 Å². The van der Waals surface area contributed by atoms with Gasteiger partial charge < -0.3 is 10.4 Å². The highest BCUT2D eigenvalue weighted by molar-refractivity contribution is 5.98. The molecule has 0 aliphatic heterocycles. The molecule has 4 heteroatoms. The van der Waals surface area contributed by atoms with Gasteiger partial charge in [-0.05, 0) is 42.7 Å². The third-order valence-corrected chi connectivity index (χ3v) is 4.14.